The van der Waals surface area contributed by atoms with Gasteiger partial charge < -0.3 is 15.2 Å². The van der Waals surface area contributed by atoms with Crippen molar-refractivity contribution in [2.24, 2.45) is 0 Å². The van der Waals surface area contributed by atoms with Crippen LogP contribution in [-0.4, -0.2) is 55.0 Å². The number of rotatable bonds is 15. The summed E-state index contributed by atoms with van der Waals surface area (Å²) >= 11 is 1.82. The Morgan fingerprint density at radius 1 is 0.976 bits per heavy atom. The number of hydrogen-bond acceptors (Lipinski definition) is 6. The van der Waals surface area contributed by atoms with E-state index < -0.39 is 27.8 Å². The number of benzene rings is 3. The van der Waals surface area contributed by atoms with E-state index in [1.807, 2.05) is 55.1 Å². The van der Waals surface area contributed by atoms with E-state index in [4.69, 9.17) is 4.74 Å². The van der Waals surface area contributed by atoms with Gasteiger partial charge in [-0.3, -0.25) is 4.79 Å². The molecular formula is C33H41NO6S2. The van der Waals surface area contributed by atoms with E-state index in [2.05, 4.69) is 50.4 Å². The zero-order chi connectivity index (χ0) is 30.9. The van der Waals surface area contributed by atoms with Gasteiger partial charge in [0.2, 0.25) is 0 Å². The first-order valence-corrected chi connectivity index (χ1v) is 17.3. The summed E-state index contributed by atoms with van der Waals surface area (Å²) in [6.45, 7) is 8.75. The number of thioether (sulfide) groups is 1. The number of sulfone groups is 1. The quantitative estimate of drug-likeness (QED) is 0.204. The number of carbonyl (C=O) groups is 2. The fraction of sp³-hybridized carbons (Fsp3) is 0.394. The summed E-state index contributed by atoms with van der Waals surface area (Å²) in [6.07, 6.45) is 0.711. The number of aryl methyl sites for hydroxylation is 1. The Morgan fingerprint density at radius 2 is 1.69 bits per heavy atom. The van der Waals surface area contributed by atoms with E-state index in [1.54, 1.807) is 6.07 Å². The topological polar surface area (TPSA) is 110 Å². The van der Waals surface area contributed by atoms with Gasteiger partial charge in [-0.15, -0.1) is 0 Å². The third-order valence-electron chi connectivity index (χ3n) is 7.02. The molecule has 0 bridgehead atoms. The van der Waals surface area contributed by atoms with E-state index in [1.165, 1.54) is 5.56 Å². The van der Waals surface area contributed by atoms with Crippen molar-refractivity contribution in [3.05, 3.63) is 94.5 Å². The third kappa shape index (κ3) is 9.71. The third-order valence-corrected chi connectivity index (χ3v) is 8.94. The van der Waals surface area contributed by atoms with Gasteiger partial charge >= 0.3 is 5.97 Å². The fourth-order valence-corrected chi connectivity index (χ4v) is 5.99. The van der Waals surface area contributed by atoms with Crippen molar-refractivity contribution in [2.75, 3.05) is 23.5 Å². The lowest BCUT2D eigenvalue weighted by Crippen LogP contribution is -2.42. The molecule has 42 heavy (non-hydrogen) atoms. The molecule has 0 saturated heterocycles. The molecule has 0 aromatic heterocycles. The van der Waals surface area contributed by atoms with Gasteiger partial charge in [-0.1, -0.05) is 75.4 Å². The van der Waals surface area contributed by atoms with Gasteiger partial charge in [-0.05, 0) is 70.5 Å². The Hall–Kier alpha value is -3.14. The number of carboxylic acids is 1. The van der Waals surface area contributed by atoms with Crippen LogP contribution in [0.1, 0.15) is 71.8 Å². The lowest BCUT2D eigenvalue weighted by molar-refractivity contribution is -0.139. The molecule has 7 nitrogen and oxygen atoms in total. The molecule has 0 fully saturated rings. The van der Waals surface area contributed by atoms with Crippen LogP contribution in [-0.2, 0) is 26.0 Å². The van der Waals surface area contributed by atoms with Gasteiger partial charge in [-0.25, -0.2) is 13.2 Å². The highest BCUT2D eigenvalue weighted by atomic mass is 32.2. The van der Waals surface area contributed by atoms with E-state index in [-0.39, 0.29) is 18.3 Å². The largest absolute Gasteiger partial charge is 0.480 e. The number of carbonyl (C=O) groups excluding carboxylic acids is 1. The molecule has 3 aromatic carbocycles. The highest BCUT2D eigenvalue weighted by Crippen LogP contribution is 2.31. The zero-order valence-electron chi connectivity index (χ0n) is 24.9. The molecule has 0 aliphatic heterocycles. The van der Waals surface area contributed by atoms with Crippen molar-refractivity contribution in [3.63, 3.8) is 0 Å². The molecule has 0 unspecified atom stereocenters. The zero-order valence-corrected chi connectivity index (χ0v) is 26.6. The summed E-state index contributed by atoms with van der Waals surface area (Å²) in [5.41, 5.74) is 6.03. The summed E-state index contributed by atoms with van der Waals surface area (Å²) in [4.78, 5) is 25.2. The minimum Gasteiger partial charge on any atom is -0.480 e. The molecule has 1 amide bonds. The van der Waals surface area contributed by atoms with Crippen LogP contribution in [0.5, 0.6) is 0 Å². The van der Waals surface area contributed by atoms with Crippen LogP contribution in [0.3, 0.4) is 0 Å². The first-order valence-electron chi connectivity index (χ1n) is 14.1. The maximum absolute atomic E-state index is 13.4. The number of aliphatic carboxylic acids is 1. The number of carboxylic acid groups (broad SMARTS) is 1. The molecule has 0 saturated carbocycles. The van der Waals surface area contributed by atoms with Gasteiger partial charge in [0.05, 0.1) is 18.5 Å². The molecule has 2 atom stereocenters. The van der Waals surface area contributed by atoms with Crippen molar-refractivity contribution >= 4 is 33.5 Å². The van der Waals surface area contributed by atoms with Gasteiger partial charge in [0, 0.05) is 17.6 Å². The summed E-state index contributed by atoms with van der Waals surface area (Å²) in [5, 5.41) is 12.2. The number of nitrogens with one attached hydrogen (secondary N) is 1. The smallest absolute Gasteiger partial charge is 0.326 e. The normalized spacial score (nSPS) is 13.1. The standard InChI is InChI=1S/C33H41NO6S2/c1-6-41-21-31(26-12-9-11-25(19-26)22(2)3)40-20-24-14-15-28(29(18-24)27-13-8-7-10-23(27)4)32(35)34-30(33(36)37)16-17-42(5,38)39/h7-15,18-19,22,30-31H,6,16-17,20-21H2,1-5H3,(H,34,35)(H,36,37)/t30-,31-/m0/s1. The average Bonchev–Trinajstić information content (AvgIpc) is 2.94. The Kier molecular flexibility index (Phi) is 12.2. The second kappa shape index (κ2) is 15.4. The maximum Gasteiger partial charge on any atom is 0.326 e. The van der Waals surface area contributed by atoms with Gasteiger partial charge in [0.25, 0.3) is 5.91 Å². The first kappa shape index (κ1) is 33.4. The number of hydrogen-bond donors (Lipinski definition) is 2. The van der Waals surface area contributed by atoms with E-state index in [0.717, 1.165) is 40.0 Å². The number of amides is 1. The molecule has 0 heterocycles. The molecule has 3 aromatic rings. The first-order chi connectivity index (χ1) is 19.9. The van der Waals surface area contributed by atoms with Crippen LogP contribution in [0.2, 0.25) is 0 Å². The van der Waals surface area contributed by atoms with E-state index in [0.29, 0.717) is 23.7 Å². The van der Waals surface area contributed by atoms with E-state index >= 15 is 0 Å². The van der Waals surface area contributed by atoms with Crippen LogP contribution in [0.25, 0.3) is 11.1 Å². The lowest BCUT2D eigenvalue weighted by Gasteiger charge is -2.21. The van der Waals surface area contributed by atoms with Crippen LogP contribution in [0.4, 0.5) is 0 Å². The minimum atomic E-state index is -3.39. The minimum absolute atomic E-state index is 0.107. The molecular weight excluding hydrogens is 570 g/mol. The van der Waals surface area contributed by atoms with E-state index in [9.17, 15) is 23.1 Å². The summed E-state index contributed by atoms with van der Waals surface area (Å²) in [7, 11) is -3.39. The molecule has 0 spiro atoms. The van der Waals surface area contributed by atoms with Gasteiger partial charge in [0.1, 0.15) is 15.9 Å². The molecule has 0 radical (unpaired) electrons. The second-order valence-corrected chi connectivity index (χ2v) is 14.3. The monoisotopic (exact) mass is 611 g/mol. The van der Waals surface area contributed by atoms with Crippen LogP contribution in [0.15, 0.2) is 66.7 Å². The summed E-state index contributed by atoms with van der Waals surface area (Å²) in [5.74, 6) is -0.00845. The van der Waals surface area contributed by atoms with Crippen molar-refractivity contribution in [2.45, 2.75) is 58.8 Å². The van der Waals surface area contributed by atoms with Crippen molar-refractivity contribution in [1.29, 1.82) is 0 Å². The Bertz CT molecular complexity index is 1490. The molecule has 0 aliphatic carbocycles. The summed E-state index contributed by atoms with van der Waals surface area (Å²) in [6, 6.07) is 20.3. The van der Waals surface area contributed by atoms with Crippen LogP contribution < -0.4 is 5.32 Å². The summed E-state index contributed by atoms with van der Waals surface area (Å²) < 4.78 is 29.7. The van der Waals surface area contributed by atoms with Gasteiger partial charge in [0.15, 0.2) is 0 Å². The maximum atomic E-state index is 13.4. The predicted octanol–water partition coefficient (Wildman–Crippen LogP) is 6.41. The number of ether oxygens (including phenoxy) is 1. The van der Waals surface area contributed by atoms with Gasteiger partial charge in [-0.2, -0.15) is 11.8 Å². The second-order valence-electron chi connectivity index (χ2n) is 10.8. The Morgan fingerprint density at radius 3 is 2.33 bits per heavy atom. The highest BCUT2D eigenvalue weighted by Gasteiger charge is 2.24. The Labute approximate surface area is 254 Å². The fourth-order valence-electron chi connectivity index (χ4n) is 4.58. The van der Waals surface area contributed by atoms with Crippen molar-refractivity contribution in [1.82, 2.24) is 5.32 Å². The Balaban J connectivity index is 1.92. The lowest BCUT2D eigenvalue weighted by atomic mass is 9.93. The molecule has 9 heteroatoms. The predicted molar refractivity (Wildman–Crippen MR) is 171 cm³/mol. The molecule has 226 valence electrons. The molecule has 0 aliphatic rings. The van der Waals surface area contributed by atoms with Crippen LogP contribution >= 0.6 is 11.8 Å². The average molecular weight is 612 g/mol. The molecule has 2 N–H and O–H groups in total. The van der Waals surface area contributed by atoms with Crippen molar-refractivity contribution < 1.29 is 27.9 Å². The van der Waals surface area contributed by atoms with Crippen LogP contribution in [0, 0.1) is 6.92 Å². The molecule has 3 rings (SSSR count). The van der Waals surface area contributed by atoms with Crippen molar-refractivity contribution in [3.8, 4) is 11.1 Å². The SMILES string of the molecule is CCSC[C@H](OCc1ccc(C(=O)N[C@@H](CCS(C)(=O)=O)C(=O)O)c(-c2ccccc2C)c1)c1cccc(C(C)C)c1. The highest BCUT2D eigenvalue weighted by molar-refractivity contribution is 7.99.